The summed E-state index contributed by atoms with van der Waals surface area (Å²) in [4.78, 5) is 11.2. The summed E-state index contributed by atoms with van der Waals surface area (Å²) in [6.45, 7) is 5.88. The lowest BCUT2D eigenvalue weighted by Gasteiger charge is -2.04. The number of hydrogen-bond donors (Lipinski definition) is 0. The van der Waals surface area contributed by atoms with E-state index >= 15 is 0 Å². The van der Waals surface area contributed by atoms with E-state index in [0.29, 0.717) is 12.1 Å². The molecule has 0 fully saturated rings. The van der Waals surface area contributed by atoms with Gasteiger partial charge in [0.1, 0.15) is 12.1 Å². The van der Waals surface area contributed by atoms with Gasteiger partial charge in [0.25, 0.3) is 0 Å². The van der Waals surface area contributed by atoms with Crippen molar-refractivity contribution in [2.45, 2.75) is 13.5 Å². The van der Waals surface area contributed by atoms with E-state index in [9.17, 15) is 4.79 Å². The molecule has 0 spiro atoms. The number of hydrogen-bond acceptors (Lipinski definition) is 4. The minimum atomic E-state index is -0.380. The summed E-state index contributed by atoms with van der Waals surface area (Å²) in [6, 6.07) is 7.64. The molecule has 17 heavy (non-hydrogen) atoms. The van der Waals surface area contributed by atoms with Gasteiger partial charge in [-0.15, -0.1) is 5.10 Å². The fraction of sp³-hybridized carbons (Fsp3) is 0.250. The van der Waals surface area contributed by atoms with E-state index in [1.165, 1.54) is 0 Å². The van der Waals surface area contributed by atoms with Gasteiger partial charge >= 0.3 is 5.97 Å². The Morgan fingerprint density at radius 3 is 3.00 bits per heavy atom. The highest BCUT2D eigenvalue weighted by Crippen LogP contribution is 2.09. The van der Waals surface area contributed by atoms with Crippen LogP contribution in [0.4, 0.5) is 0 Å². The first-order chi connectivity index (χ1) is 8.18. The predicted octanol–water partition coefficient (Wildman–Crippen LogP) is 1.55. The Morgan fingerprint density at radius 1 is 1.47 bits per heavy atom. The zero-order chi connectivity index (χ0) is 12.3. The highest BCUT2D eigenvalue weighted by molar-refractivity contribution is 5.86. The van der Waals surface area contributed by atoms with E-state index < -0.39 is 0 Å². The third kappa shape index (κ3) is 2.50. The van der Waals surface area contributed by atoms with Crippen LogP contribution in [0.1, 0.15) is 6.92 Å². The van der Waals surface area contributed by atoms with Crippen molar-refractivity contribution in [2.24, 2.45) is 0 Å². The van der Waals surface area contributed by atoms with Gasteiger partial charge in [-0.25, -0.2) is 9.48 Å². The molecule has 1 aromatic carbocycles. The zero-order valence-electron chi connectivity index (χ0n) is 9.59. The van der Waals surface area contributed by atoms with Crippen LogP contribution in [0, 0.1) is 0 Å². The second kappa shape index (κ2) is 4.78. The summed E-state index contributed by atoms with van der Waals surface area (Å²) >= 11 is 0. The largest absolute Gasteiger partial charge is 0.460 e. The first kappa shape index (κ1) is 11.3. The van der Waals surface area contributed by atoms with E-state index in [2.05, 4.69) is 16.9 Å². The normalized spacial score (nSPS) is 10.4. The molecular formula is C12H13N3O2. The molecule has 1 aromatic heterocycles. The lowest BCUT2D eigenvalue weighted by atomic mass is 10.3. The zero-order valence-corrected chi connectivity index (χ0v) is 9.59. The number of carbonyl (C=O) groups is 1. The molecule has 0 radical (unpaired) electrons. The molecule has 0 saturated carbocycles. The van der Waals surface area contributed by atoms with E-state index in [1.807, 2.05) is 24.3 Å². The maximum Gasteiger partial charge on any atom is 0.333 e. The Hall–Kier alpha value is -2.17. The molecular weight excluding hydrogens is 218 g/mol. The van der Waals surface area contributed by atoms with Crippen molar-refractivity contribution in [3.63, 3.8) is 0 Å². The van der Waals surface area contributed by atoms with Crippen LogP contribution in [0.2, 0.25) is 0 Å². The Labute approximate surface area is 98.7 Å². The van der Waals surface area contributed by atoms with Crippen molar-refractivity contribution in [3.05, 3.63) is 36.4 Å². The first-order valence-corrected chi connectivity index (χ1v) is 5.29. The minimum Gasteiger partial charge on any atom is -0.460 e. The number of benzene rings is 1. The Morgan fingerprint density at radius 2 is 2.24 bits per heavy atom. The maximum absolute atomic E-state index is 11.2. The molecule has 0 saturated heterocycles. The smallest absolute Gasteiger partial charge is 0.333 e. The van der Waals surface area contributed by atoms with Crippen molar-refractivity contribution < 1.29 is 9.53 Å². The molecule has 0 atom stereocenters. The third-order valence-corrected chi connectivity index (χ3v) is 2.30. The Kier molecular flexibility index (Phi) is 3.18. The van der Waals surface area contributed by atoms with E-state index in [-0.39, 0.29) is 12.6 Å². The Balaban J connectivity index is 2.00. The lowest BCUT2D eigenvalue weighted by Crippen LogP contribution is -2.12. The summed E-state index contributed by atoms with van der Waals surface area (Å²) in [5, 5.41) is 8.00. The number of ether oxygens (including phenoxy) is 1. The van der Waals surface area contributed by atoms with Crippen molar-refractivity contribution in [1.29, 1.82) is 0 Å². The molecule has 0 aliphatic carbocycles. The van der Waals surface area contributed by atoms with Crippen LogP contribution < -0.4 is 0 Å². The first-order valence-electron chi connectivity index (χ1n) is 5.29. The number of fused-ring (bicyclic) bond motifs is 1. The number of esters is 1. The van der Waals surface area contributed by atoms with Gasteiger partial charge in [-0.3, -0.25) is 0 Å². The van der Waals surface area contributed by atoms with E-state index in [0.717, 1.165) is 11.0 Å². The molecule has 0 N–H and O–H groups in total. The molecule has 5 heteroatoms. The highest BCUT2D eigenvalue weighted by Gasteiger charge is 2.05. The number of carbonyl (C=O) groups excluding carboxylic acids is 1. The van der Waals surface area contributed by atoms with Crippen molar-refractivity contribution in [3.8, 4) is 0 Å². The average Bonchev–Trinajstić information content (AvgIpc) is 2.72. The third-order valence-electron chi connectivity index (χ3n) is 2.30. The van der Waals surface area contributed by atoms with Gasteiger partial charge in [0, 0.05) is 5.57 Å². The van der Waals surface area contributed by atoms with Crippen LogP contribution in [-0.4, -0.2) is 27.6 Å². The molecule has 0 aliphatic rings. The van der Waals surface area contributed by atoms with Crippen LogP contribution in [0.3, 0.4) is 0 Å². The predicted molar refractivity (Wildman–Crippen MR) is 63.3 cm³/mol. The van der Waals surface area contributed by atoms with Crippen molar-refractivity contribution in [1.82, 2.24) is 15.0 Å². The van der Waals surface area contributed by atoms with E-state index in [4.69, 9.17) is 4.74 Å². The molecule has 2 aromatic rings. The highest BCUT2D eigenvalue weighted by atomic mass is 16.5. The monoisotopic (exact) mass is 231 g/mol. The number of aromatic nitrogens is 3. The summed E-state index contributed by atoms with van der Waals surface area (Å²) in [7, 11) is 0. The Bertz CT molecular complexity index is 560. The molecule has 88 valence electrons. The number of para-hydroxylation sites is 1. The SMILES string of the molecule is C=C(C)C(=O)OCCn1nnc2ccccc21. The van der Waals surface area contributed by atoms with Gasteiger partial charge in [0.05, 0.1) is 12.1 Å². The van der Waals surface area contributed by atoms with Crippen LogP contribution in [-0.2, 0) is 16.1 Å². The fourth-order valence-corrected chi connectivity index (χ4v) is 1.43. The summed E-state index contributed by atoms with van der Waals surface area (Å²) in [6.07, 6.45) is 0. The van der Waals surface area contributed by atoms with Crippen LogP contribution in [0.25, 0.3) is 11.0 Å². The number of rotatable bonds is 4. The lowest BCUT2D eigenvalue weighted by molar-refractivity contribution is -0.139. The summed E-state index contributed by atoms with van der Waals surface area (Å²) in [5.41, 5.74) is 2.16. The van der Waals surface area contributed by atoms with Gasteiger partial charge in [-0.1, -0.05) is 23.9 Å². The van der Waals surface area contributed by atoms with Crippen LogP contribution >= 0.6 is 0 Å². The number of nitrogens with zero attached hydrogens (tertiary/aromatic N) is 3. The molecule has 2 rings (SSSR count). The molecule has 0 unspecified atom stereocenters. The average molecular weight is 231 g/mol. The van der Waals surface area contributed by atoms with Crippen molar-refractivity contribution >= 4 is 17.0 Å². The minimum absolute atomic E-state index is 0.263. The topological polar surface area (TPSA) is 57.0 Å². The van der Waals surface area contributed by atoms with Crippen LogP contribution in [0.5, 0.6) is 0 Å². The molecule has 0 bridgehead atoms. The van der Waals surface area contributed by atoms with Gasteiger partial charge in [0.15, 0.2) is 0 Å². The van der Waals surface area contributed by atoms with Gasteiger partial charge < -0.3 is 4.74 Å². The second-order valence-corrected chi connectivity index (χ2v) is 3.72. The molecule has 1 heterocycles. The molecule has 0 amide bonds. The van der Waals surface area contributed by atoms with Crippen LogP contribution in [0.15, 0.2) is 36.4 Å². The van der Waals surface area contributed by atoms with Gasteiger partial charge in [0.2, 0.25) is 0 Å². The fourth-order valence-electron chi connectivity index (χ4n) is 1.43. The molecule has 0 aliphatic heterocycles. The van der Waals surface area contributed by atoms with Gasteiger partial charge in [-0.05, 0) is 19.1 Å². The summed E-state index contributed by atoms with van der Waals surface area (Å²) < 4.78 is 6.71. The summed E-state index contributed by atoms with van der Waals surface area (Å²) in [5.74, 6) is -0.380. The van der Waals surface area contributed by atoms with E-state index in [1.54, 1.807) is 11.6 Å². The maximum atomic E-state index is 11.2. The second-order valence-electron chi connectivity index (χ2n) is 3.72. The standard InChI is InChI=1S/C12H13N3O2/c1-9(2)12(16)17-8-7-15-11-6-4-3-5-10(11)13-14-15/h3-6H,1,7-8H2,2H3. The van der Waals surface area contributed by atoms with Gasteiger partial charge in [-0.2, -0.15) is 0 Å². The quantitative estimate of drug-likeness (QED) is 0.591. The van der Waals surface area contributed by atoms with Crippen molar-refractivity contribution in [2.75, 3.05) is 6.61 Å². The molecule has 5 nitrogen and oxygen atoms in total.